The van der Waals surface area contributed by atoms with Crippen molar-refractivity contribution in [2.24, 2.45) is 0 Å². The van der Waals surface area contributed by atoms with Crippen LogP contribution in [-0.4, -0.2) is 15.8 Å². The van der Waals surface area contributed by atoms with Gasteiger partial charge in [-0.3, -0.25) is 4.79 Å². The van der Waals surface area contributed by atoms with Crippen LogP contribution in [-0.2, 0) is 0 Å². The third-order valence-corrected chi connectivity index (χ3v) is 2.22. The van der Waals surface area contributed by atoms with Crippen LogP contribution in [0.1, 0.15) is 17.3 Å². The second-order valence-electron chi connectivity index (χ2n) is 3.29. The van der Waals surface area contributed by atoms with Gasteiger partial charge in [-0.2, -0.15) is 4.39 Å². The highest BCUT2D eigenvalue weighted by atomic mass is 19.1. The molecule has 0 atom stereocenters. The summed E-state index contributed by atoms with van der Waals surface area (Å²) in [6.45, 7) is 1.25. The van der Waals surface area contributed by atoms with E-state index in [9.17, 15) is 13.6 Å². The molecule has 16 heavy (non-hydrogen) atoms. The van der Waals surface area contributed by atoms with Gasteiger partial charge in [-0.15, -0.1) is 0 Å². The van der Waals surface area contributed by atoms with Crippen molar-refractivity contribution in [1.29, 1.82) is 0 Å². The van der Waals surface area contributed by atoms with Crippen molar-refractivity contribution >= 4 is 5.78 Å². The second-order valence-corrected chi connectivity index (χ2v) is 3.29. The van der Waals surface area contributed by atoms with Gasteiger partial charge in [-0.1, -0.05) is 0 Å². The molecule has 0 unspecified atom stereocenters. The first-order valence-corrected chi connectivity index (χ1v) is 4.60. The van der Waals surface area contributed by atoms with Crippen LogP contribution in [0.4, 0.5) is 8.78 Å². The number of ketones is 1. The van der Waals surface area contributed by atoms with Crippen LogP contribution < -0.4 is 0 Å². The highest BCUT2D eigenvalue weighted by Gasteiger charge is 2.18. The molecule has 2 aromatic rings. The van der Waals surface area contributed by atoms with Gasteiger partial charge in [0.05, 0.1) is 16.8 Å². The maximum atomic E-state index is 13.7. The van der Waals surface area contributed by atoms with Crippen LogP contribution in [0.3, 0.4) is 0 Å². The van der Waals surface area contributed by atoms with Gasteiger partial charge in [0.2, 0.25) is 5.95 Å². The van der Waals surface area contributed by atoms with Gasteiger partial charge in [-0.25, -0.2) is 9.37 Å². The zero-order chi connectivity index (χ0) is 11.7. The molecule has 1 N–H and O–H groups in total. The van der Waals surface area contributed by atoms with Crippen molar-refractivity contribution in [3.8, 4) is 11.3 Å². The van der Waals surface area contributed by atoms with Crippen LogP contribution in [0, 0.1) is 11.8 Å². The molecule has 0 radical (unpaired) electrons. The molecule has 3 nitrogen and oxygen atoms in total. The number of rotatable bonds is 2. The lowest BCUT2D eigenvalue weighted by Crippen LogP contribution is -1.94. The Kier molecular flexibility index (Phi) is 2.52. The Morgan fingerprint density at radius 2 is 2.19 bits per heavy atom. The minimum Gasteiger partial charge on any atom is -0.358 e. The number of hydrogen-bond acceptors (Lipinski definition) is 2. The molecular formula is C11H8F2N2O. The lowest BCUT2D eigenvalue weighted by Gasteiger charge is -1.99. The number of carbonyl (C=O) groups excluding carboxylic acids is 1. The number of carbonyl (C=O) groups is 1. The van der Waals surface area contributed by atoms with E-state index in [1.54, 1.807) is 0 Å². The van der Waals surface area contributed by atoms with Crippen molar-refractivity contribution in [2.75, 3.05) is 0 Å². The van der Waals surface area contributed by atoms with E-state index < -0.39 is 17.5 Å². The minimum absolute atomic E-state index is 0.00694. The van der Waals surface area contributed by atoms with E-state index in [0.29, 0.717) is 0 Å². The number of Topliss-reactive ketones (excluding diaryl/α,β-unsaturated/α-hetero) is 1. The van der Waals surface area contributed by atoms with Gasteiger partial charge < -0.3 is 4.98 Å². The highest BCUT2D eigenvalue weighted by Crippen LogP contribution is 2.25. The lowest BCUT2D eigenvalue weighted by atomic mass is 10.1. The Hall–Kier alpha value is -2.04. The summed E-state index contributed by atoms with van der Waals surface area (Å²) >= 11 is 0. The first-order valence-electron chi connectivity index (χ1n) is 4.60. The van der Waals surface area contributed by atoms with E-state index in [0.717, 1.165) is 0 Å². The summed E-state index contributed by atoms with van der Waals surface area (Å²) < 4.78 is 27.0. The molecule has 0 fully saturated rings. The predicted molar refractivity (Wildman–Crippen MR) is 53.9 cm³/mol. The first-order chi connectivity index (χ1) is 7.61. The van der Waals surface area contributed by atoms with Crippen molar-refractivity contribution in [3.63, 3.8) is 0 Å². The summed E-state index contributed by atoms with van der Waals surface area (Å²) in [6, 6.07) is 2.88. The predicted octanol–water partition coefficient (Wildman–Crippen LogP) is 2.56. The van der Waals surface area contributed by atoms with Gasteiger partial charge in [0.1, 0.15) is 0 Å². The van der Waals surface area contributed by atoms with E-state index in [4.69, 9.17) is 0 Å². The number of H-pyrrole nitrogens is 1. The summed E-state index contributed by atoms with van der Waals surface area (Å²) in [5.41, 5.74) is -0.137. The number of nitrogens with one attached hydrogen (secondary N) is 1. The molecule has 0 saturated carbocycles. The van der Waals surface area contributed by atoms with E-state index in [1.165, 1.54) is 31.5 Å². The van der Waals surface area contributed by atoms with Gasteiger partial charge in [0.25, 0.3) is 0 Å². The van der Waals surface area contributed by atoms with Crippen LogP contribution in [0.15, 0.2) is 24.5 Å². The Labute approximate surface area is 90.1 Å². The smallest absolute Gasteiger partial charge is 0.222 e. The van der Waals surface area contributed by atoms with E-state index in [-0.39, 0.29) is 16.8 Å². The molecule has 0 aliphatic heterocycles. The van der Waals surface area contributed by atoms with Gasteiger partial charge in [-0.05, 0) is 19.1 Å². The molecule has 5 heteroatoms. The Morgan fingerprint density at radius 3 is 2.75 bits per heavy atom. The number of aromatic nitrogens is 2. The van der Waals surface area contributed by atoms with Crippen molar-refractivity contribution in [3.05, 3.63) is 41.9 Å². The average molecular weight is 222 g/mol. The van der Waals surface area contributed by atoms with E-state index in [2.05, 4.69) is 9.97 Å². The maximum absolute atomic E-state index is 13.7. The molecule has 0 spiro atoms. The van der Waals surface area contributed by atoms with Crippen molar-refractivity contribution in [2.45, 2.75) is 6.92 Å². The zero-order valence-electron chi connectivity index (χ0n) is 8.42. The number of nitrogens with zero attached hydrogens (tertiary/aromatic N) is 1. The number of aromatic amines is 1. The summed E-state index contributed by atoms with van der Waals surface area (Å²) in [7, 11) is 0. The molecule has 2 rings (SSSR count). The standard InChI is InChI=1S/C11H8F2N2O/c1-6(16)8-5-15-10(9(8)12)7-3-2-4-14-11(7)13/h2-5,15H,1H3. The van der Waals surface area contributed by atoms with Crippen LogP contribution in [0.25, 0.3) is 11.3 Å². The quantitative estimate of drug-likeness (QED) is 0.627. The van der Waals surface area contributed by atoms with E-state index in [1.807, 2.05) is 0 Å². The minimum atomic E-state index is -0.779. The summed E-state index contributed by atoms with van der Waals surface area (Å²) in [5.74, 6) is -1.94. The SMILES string of the molecule is CC(=O)c1c[nH]c(-c2cccnc2F)c1F. The molecule has 82 valence electrons. The molecule has 0 saturated heterocycles. The molecule has 0 aliphatic carbocycles. The number of hydrogen-bond donors (Lipinski definition) is 1. The largest absolute Gasteiger partial charge is 0.358 e. The number of pyridine rings is 1. The van der Waals surface area contributed by atoms with Gasteiger partial charge in [0, 0.05) is 12.4 Å². The molecule has 2 aromatic heterocycles. The van der Waals surface area contributed by atoms with Gasteiger partial charge >= 0.3 is 0 Å². The number of halogens is 2. The van der Waals surface area contributed by atoms with E-state index >= 15 is 0 Å². The highest BCUT2D eigenvalue weighted by molar-refractivity contribution is 5.95. The van der Waals surface area contributed by atoms with Crippen LogP contribution in [0.2, 0.25) is 0 Å². The topological polar surface area (TPSA) is 45.8 Å². The normalized spacial score (nSPS) is 10.4. The second kappa shape index (κ2) is 3.84. The fourth-order valence-electron chi connectivity index (χ4n) is 1.43. The Morgan fingerprint density at radius 1 is 1.44 bits per heavy atom. The first kappa shape index (κ1) is 10.5. The molecule has 0 aromatic carbocycles. The summed E-state index contributed by atoms with van der Waals surface area (Å²) in [5, 5.41) is 0. The fraction of sp³-hybridized carbons (Fsp3) is 0.0909. The van der Waals surface area contributed by atoms with Crippen LogP contribution in [0.5, 0.6) is 0 Å². The maximum Gasteiger partial charge on any atom is 0.222 e. The van der Waals surface area contributed by atoms with Crippen molar-refractivity contribution in [1.82, 2.24) is 9.97 Å². The molecule has 0 bridgehead atoms. The molecular weight excluding hydrogens is 214 g/mol. The monoisotopic (exact) mass is 222 g/mol. The lowest BCUT2D eigenvalue weighted by molar-refractivity contribution is 0.101. The zero-order valence-corrected chi connectivity index (χ0v) is 8.42. The average Bonchev–Trinajstić information content (AvgIpc) is 2.61. The van der Waals surface area contributed by atoms with Crippen LogP contribution >= 0.6 is 0 Å². The molecule has 0 aliphatic rings. The molecule has 0 amide bonds. The summed E-state index contributed by atoms with van der Waals surface area (Å²) in [6.07, 6.45) is 2.49. The van der Waals surface area contributed by atoms with Gasteiger partial charge in [0.15, 0.2) is 11.6 Å². The summed E-state index contributed by atoms with van der Waals surface area (Å²) in [4.78, 5) is 17.0. The third-order valence-electron chi connectivity index (χ3n) is 2.22. The fourth-order valence-corrected chi connectivity index (χ4v) is 1.43. The third kappa shape index (κ3) is 1.60. The Bertz CT molecular complexity index is 549. The van der Waals surface area contributed by atoms with Crippen molar-refractivity contribution < 1.29 is 13.6 Å². The Balaban J connectivity index is 2.58. The molecule has 2 heterocycles.